The van der Waals surface area contributed by atoms with Crippen molar-refractivity contribution in [1.29, 1.82) is 0 Å². The van der Waals surface area contributed by atoms with Crippen LogP contribution in [0.3, 0.4) is 0 Å². The molecule has 1 aromatic heterocycles. The summed E-state index contributed by atoms with van der Waals surface area (Å²) in [4.78, 5) is 16.7. The highest BCUT2D eigenvalue weighted by Gasteiger charge is 2.30. The highest BCUT2D eigenvalue weighted by atomic mass is 16.4. The van der Waals surface area contributed by atoms with Gasteiger partial charge in [0.25, 0.3) is 0 Å². The number of likely N-dealkylation sites (tertiary alicyclic amines) is 2. The number of rotatable bonds is 5. The average Bonchev–Trinajstić information content (AvgIpc) is 3.20. The minimum atomic E-state index is -0.578. The van der Waals surface area contributed by atoms with Crippen LogP contribution in [0.15, 0.2) is 22.8 Å². The Labute approximate surface area is 131 Å². The summed E-state index contributed by atoms with van der Waals surface area (Å²) in [6.45, 7) is 3.27. The summed E-state index contributed by atoms with van der Waals surface area (Å²) in [5.41, 5.74) is 0. The van der Waals surface area contributed by atoms with Crippen molar-refractivity contribution < 1.29 is 14.3 Å². The fraction of sp³-hybridized carbons (Fsp3) is 0.706. The van der Waals surface area contributed by atoms with E-state index in [0.717, 1.165) is 45.3 Å². The van der Waals surface area contributed by atoms with Gasteiger partial charge in [-0.3, -0.25) is 9.69 Å². The van der Waals surface area contributed by atoms with Crippen LogP contribution in [0.2, 0.25) is 0 Å². The molecule has 0 aliphatic carbocycles. The normalized spacial score (nSPS) is 24.6. The summed E-state index contributed by atoms with van der Waals surface area (Å²) < 4.78 is 5.27. The Kier molecular flexibility index (Phi) is 5.16. The molecule has 5 heteroatoms. The predicted octanol–water partition coefficient (Wildman–Crippen LogP) is 2.18. The van der Waals surface area contributed by atoms with E-state index in [9.17, 15) is 9.90 Å². The molecule has 2 aliphatic heterocycles. The Morgan fingerprint density at radius 1 is 1.27 bits per heavy atom. The molecule has 2 fully saturated rings. The SMILES string of the molecule is O=C(CN1CCCC1CC(O)c1ccco1)N1CCCCC1. The Morgan fingerprint density at radius 3 is 2.82 bits per heavy atom. The van der Waals surface area contributed by atoms with Crippen LogP contribution >= 0.6 is 0 Å². The molecule has 0 bridgehead atoms. The Bertz CT molecular complexity index is 468. The van der Waals surface area contributed by atoms with E-state index >= 15 is 0 Å². The van der Waals surface area contributed by atoms with E-state index in [4.69, 9.17) is 4.42 Å². The maximum atomic E-state index is 12.4. The van der Waals surface area contributed by atoms with E-state index in [1.54, 1.807) is 12.3 Å². The Hall–Kier alpha value is -1.33. The fourth-order valence-corrected chi connectivity index (χ4v) is 3.64. The van der Waals surface area contributed by atoms with Gasteiger partial charge in [-0.2, -0.15) is 0 Å². The molecular weight excluding hydrogens is 280 g/mol. The number of hydrogen-bond acceptors (Lipinski definition) is 4. The third kappa shape index (κ3) is 3.70. The molecule has 0 spiro atoms. The molecule has 22 heavy (non-hydrogen) atoms. The maximum Gasteiger partial charge on any atom is 0.236 e. The Morgan fingerprint density at radius 2 is 2.09 bits per heavy atom. The molecule has 5 nitrogen and oxygen atoms in total. The number of furan rings is 1. The van der Waals surface area contributed by atoms with E-state index in [-0.39, 0.29) is 11.9 Å². The molecule has 122 valence electrons. The van der Waals surface area contributed by atoms with E-state index in [1.165, 1.54) is 6.42 Å². The van der Waals surface area contributed by atoms with E-state index in [0.29, 0.717) is 18.7 Å². The second-order valence-corrected chi connectivity index (χ2v) is 6.47. The predicted molar refractivity (Wildman–Crippen MR) is 83.3 cm³/mol. The van der Waals surface area contributed by atoms with Crippen LogP contribution in [0.25, 0.3) is 0 Å². The molecule has 1 amide bonds. The molecule has 2 saturated heterocycles. The number of amides is 1. The van der Waals surface area contributed by atoms with Crippen molar-refractivity contribution in [3.63, 3.8) is 0 Å². The second-order valence-electron chi connectivity index (χ2n) is 6.47. The summed E-state index contributed by atoms with van der Waals surface area (Å²) in [6.07, 6.45) is 7.30. The zero-order chi connectivity index (χ0) is 15.4. The second kappa shape index (κ2) is 7.29. The summed E-state index contributed by atoms with van der Waals surface area (Å²) >= 11 is 0. The number of carbonyl (C=O) groups excluding carboxylic acids is 1. The minimum Gasteiger partial charge on any atom is -0.467 e. The van der Waals surface area contributed by atoms with E-state index < -0.39 is 6.10 Å². The van der Waals surface area contributed by atoms with Gasteiger partial charge in [0.2, 0.25) is 5.91 Å². The van der Waals surface area contributed by atoms with Crippen LogP contribution in [-0.2, 0) is 4.79 Å². The lowest BCUT2D eigenvalue weighted by molar-refractivity contribution is -0.133. The highest BCUT2D eigenvalue weighted by molar-refractivity contribution is 5.78. The maximum absolute atomic E-state index is 12.4. The van der Waals surface area contributed by atoms with Crippen LogP contribution in [0.5, 0.6) is 0 Å². The third-order valence-corrected chi connectivity index (χ3v) is 4.91. The summed E-state index contributed by atoms with van der Waals surface area (Å²) in [7, 11) is 0. The first kappa shape index (κ1) is 15.6. The molecule has 1 aromatic rings. The number of aliphatic hydroxyl groups excluding tert-OH is 1. The summed E-state index contributed by atoms with van der Waals surface area (Å²) in [5.74, 6) is 0.869. The summed E-state index contributed by atoms with van der Waals surface area (Å²) in [5, 5.41) is 10.3. The van der Waals surface area contributed by atoms with Crippen molar-refractivity contribution in [2.45, 2.75) is 50.7 Å². The van der Waals surface area contributed by atoms with Gasteiger partial charge in [0.05, 0.1) is 12.8 Å². The number of nitrogens with zero attached hydrogens (tertiary/aromatic N) is 2. The largest absolute Gasteiger partial charge is 0.467 e. The van der Waals surface area contributed by atoms with Crippen molar-refractivity contribution in [3.05, 3.63) is 24.2 Å². The lowest BCUT2D eigenvalue weighted by atomic mass is 10.1. The van der Waals surface area contributed by atoms with Crippen LogP contribution in [-0.4, -0.2) is 53.0 Å². The van der Waals surface area contributed by atoms with E-state index in [2.05, 4.69) is 4.90 Å². The van der Waals surface area contributed by atoms with Gasteiger partial charge >= 0.3 is 0 Å². The number of piperidine rings is 1. The molecule has 2 unspecified atom stereocenters. The van der Waals surface area contributed by atoms with Gasteiger partial charge in [-0.05, 0) is 57.2 Å². The highest BCUT2D eigenvalue weighted by Crippen LogP contribution is 2.27. The van der Waals surface area contributed by atoms with Crippen LogP contribution < -0.4 is 0 Å². The van der Waals surface area contributed by atoms with Gasteiger partial charge in [-0.1, -0.05) is 0 Å². The molecule has 0 radical (unpaired) electrons. The number of carbonyl (C=O) groups is 1. The molecule has 3 heterocycles. The first-order valence-electron chi connectivity index (χ1n) is 8.47. The standard InChI is InChI=1S/C17H26N2O3/c20-15(16-7-5-11-22-16)12-14-6-4-10-19(14)13-17(21)18-8-2-1-3-9-18/h5,7,11,14-15,20H,1-4,6,8-10,12-13H2. The van der Waals surface area contributed by atoms with Crippen LogP contribution in [0.4, 0.5) is 0 Å². The first-order chi connectivity index (χ1) is 10.7. The fourth-order valence-electron chi connectivity index (χ4n) is 3.64. The van der Waals surface area contributed by atoms with Crippen molar-refractivity contribution >= 4 is 5.91 Å². The molecule has 0 saturated carbocycles. The lowest BCUT2D eigenvalue weighted by Gasteiger charge is -2.31. The zero-order valence-electron chi connectivity index (χ0n) is 13.1. The quantitative estimate of drug-likeness (QED) is 0.906. The number of hydrogen-bond donors (Lipinski definition) is 1. The van der Waals surface area contributed by atoms with Gasteiger partial charge in [0.15, 0.2) is 0 Å². The van der Waals surface area contributed by atoms with Crippen LogP contribution in [0.1, 0.15) is 50.4 Å². The molecule has 2 aliphatic rings. The summed E-state index contributed by atoms with van der Waals surface area (Å²) in [6, 6.07) is 3.88. The van der Waals surface area contributed by atoms with Gasteiger partial charge in [-0.15, -0.1) is 0 Å². The van der Waals surface area contributed by atoms with Crippen molar-refractivity contribution in [3.8, 4) is 0 Å². The van der Waals surface area contributed by atoms with Crippen molar-refractivity contribution in [2.24, 2.45) is 0 Å². The Balaban J connectivity index is 1.52. The average molecular weight is 306 g/mol. The lowest BCUT2D eigenvalue weighted by Crippen LogP contribution is -2.44. The molecule has 3 rings (SSSR count). The minimum absolute atomic E-state index is 0.249. The van der Waals surface area contributed by atoms with Gasteiger partial charge in [0.1, 0.15) is 11.9 Å². The van der Waals surface area contributed by atoms with Crippen molar-refractivity contribution in [1.82, 2.24) is 9.80 Å². The first-order valence-corrected chi connectivity index (χ1v) is 8.47. The van der Waals surface area contributed by atoms with Crippen LogP contribution in [0, 0.1) is 0 Å². The van der Waals surface area contributed by atoms with Crippen molar-refractivity contribution in [2.75, 3.05) is 26.2 Å². The monoisotopic (exact) mass is 306 g/mol. The van der Waals surface area contributed by atoms with Gasteiger partial charge in [0, 0.05) is 19.1 Å². The molecule has 2 atom stereocenters. The molecule has 0 aromatic carbocycles. The number of aliphatic hydroxyl groups is 1. The smallest absolute Gasteiger partial charge is 0.236 e. The third-order valence-electron chi connectivity index (χ3n) is 4.91. The van der Waals surface area contributed by atoms with Gasteiger partial charge < -0.3 is 14.4 Å². The molecule has 1 N–H and O–H groups in total. The topological polar surface area (TPSA) is 56.9 Å². The molecular formula is C17H26N2O3. The van der Waals surface area contributed by atoms with Gasteiger partial charge in [-0.25, -0.2) is 0 Å². The van der Waals surface area contributed by atoms with E-state index in [1.807, 2.05) is 11.0 Å². The zero-order valence-corrected chi connectivity index (χ0v) is 13.1.